The summed E-state index contributed by atoms with van der Waals surface area (Å²) >= 11 is 0. The van der Waals surface area contributed by atoms with Crippen molar-refractivity contribution in [3.63, 3.8) is 0 Å². The number of aryl methyl sites for hydroxylation is 1. The van der Waals surface area contributed by atoms with Crippen molar-refractivity contribution in [2.24, 2.45) is 0 Å². The minimum atomic E-state index is -3.82. The SMILES string of the molecule is Cc1ccc(S(=O)(=O)n2cc(C=O)c3cc(C#N)ccc32)cc1. The Balaban J connectivity index is 2.30. The van der Waals surface area contributed by atoms with Gasteiger partial charge in [-0.2, -0.15) is 5.26 Å². The summed E-state index contributed by atoms with van der Waals surface area (Å²) in [5, 5.41) is 9.41. The zero-order chi connectivity index (χ0) is 16.6. The molecule has 0 saturated heterocycles. The predicted molar refractivity (Wildman–Crippen MR) is 85.8 cm³/mol. The number of fused-ring (bicyclic) bond motifs is 1. The molecule has 0 atom stereocenters. The quantitative estimate of drug-likeness (QED) is 0.694. The average Bonchev–Trinajstić information content (AvgIpc) is 2.93. The summed E-state index contributed by atoms with van der Waals surface area (Å²) in [5.41, 5.74) is 1.92. The van der Waals surface area contributed by atoms with Crippen molar-refractivity contribution in [1.82, 2.24) is 3.97 Å². The largest absolute Gasteiger partial charge is 0.298 e. The number of carbonyl (C=O) groups is 1. The van der Waals surface area contributed by atoms with Crippen LogP contribution in [0.2, 0.25) is 0 Å². The Morgan fingerprint density at radius 3 is 2.43 bits per heavy atom. The summed E-state index contributed by atoms with van der Waals surface area (Å²) in [4.78, 5) is 11.4. The molecular weight excluding hydrogens is 312 g/mol. The maximum absolute atomic E-state index is 12.8. The number of nitriles is 1. The minimum Gasteiger partial charge on any atom is -0.298 e. The van der Waals surface area contributed by atoms with Crippen molar-refractivity contribution >= 4 is 27.2 Å². The van der Waals surface area contributed by atoms with Crippen LogP contribution in [0.5, 0.6) is 0 Å². The van der Waals surface area contributed by atoms with Gasteiger partial charge in [0.2, 0.25) is 0 Å². The zero-order valence-electron chi connectivity index (χ0n) is 12.2. The lowest BCUT2D eigenvalue weighted by molar-refractivity contribution is 0.112. The van der Waals surface area contributed by atoms with Crippen LogP contribution in [0, 0.1) is 18.3 Å². The number of benzene rings is 2. The number of carbonyl (C=O) groups excluding carboxylic acids is 1. The molecule has 6 heteroatoms. The Labute approximate surface area is 133 Å². The first-order valence-corrected chi connectivity index (χ1v) is 8.24. The van der Waals surface area contributed by atoms with Crippen LogP contribution in [0.25, 0.3) is 10.9 Å². The number of nitrogens with zero attached hydrogens (tertiary/aromatic N) is 2. The summed E-state index contributed by atoms with van der Waals surface area (Å²) in [6.45, 7) is 1.87. The Kier molecular flexibility index (Phi) is 3.51. The van der Waals surface area contributed by atoms with Gasteiger partial charge < -0.3 is 0 Å². The van der Waals surface area contributed by atoms with Gasteiger partial charge in [-0.15, -0.1) is 0 Å². The lowest BCUT2D eigenvalue weighted by atomic mass is 10.1. The molecule has 0 bridgehead atoms. The van der Waals surface area contributed by atoms with E-state index in [1.807, 2.05) is 13.0 Å². The van der Waals surface area contributed by atoms with E-state index in [-0.39, 0.29) is 10.5 Å². The van der Waals surface area contributed by atoms with Crippen molar-refractivity contribution in [2.45, 2.75) is 11.8 Å². The second kappa shape index (κ2) is 5.38. The van der Waals surface area contributed by atoms with Crippen LogP contribution in [0.15, 0.2) is 53.6 Å². The number of hydrogen-bond acceptors (Lipinski definition) is 4. The first-order chi connectivity index (χ1) is 11.0. The number of rotatable bonds is 3. The third-order valence-corrected chi connectivity index (χ3v) is 5.32. The number of aromatic nitrogens is 1. The van der Waals surface area contributed by atoms with E-state index in [1.54, 1.807) is 12.1 Å². The number of aldehydes is 1. The van der Waals surface area contributed by atoms with Crippen molar-refractivity contribution in [1.29, 1.82) is 5.26 Å². The van der Waals surface area contributed by atoms with Gasteiger partial charge in [-0.3, -0.25) is 4.79 Å². The number of hydrogen-bond donors (Lipinski definition) is 0. The molecule has 0 N–H and O–H groups in total. The molecule has 0 spiro atoms. The lowest BCUT2D eigenvalue weighted by Gasteiger charge is -2.08. The monoisotopic (exact) mass is 324 g/mol. The van der Waals surface area contributed by atoms with Gasteiger partial charge >= 0.3 is 0 Å². The van der Waals surface area contributed by atoms with E-state index >= 15 is 0 Å². The first-order valence-electron chi connectivity index (χ1n) is 6.80. The van der Waals surface area contributed by atoms with Crippen molar-refractivity contribution in [3.05, 3.63) is 65.4 Å². The average molecular weight is 324 g/mol. The fourth-order valence-electron chi connectivity index (χ4n) is 2.41. The molecule has 114 valence electrons. The van der Waals surface area contributed by atoms with Gasteiger partial charge in [-0.05, 0) is 37.3 Å². The van der Waals surface area contributed by atoms with Crippen LogP contribution in [0.3, 0.4) is 0 Å². The van der Waals surface area contributed by atoms with Gasteiger partial charge in [-0.1, -0.05) is 17.7 Å². The summed E-state index contributed by atoms with van der Waals surface area (Å²) in [6.07, 6.45) is 1.87. The van der Waals surface area contributed by atoms with Crippen LogP contribution in [0.1, 0.15) is 21.5 Å². The second-order valence-corrected chi connectivity index (χ2v) is 6.97. The van der Waals surface area contributed by atoms with Crippen LogP contribution in [-0.2, 0) is 10.0 Å². The second-order valence-electron chi connectivity index (χ2n) is 5.16. The molecule has 23 heavy (non-hydrogen) atoms. The lowest BCUT2D eigenvalue weighted by Crippen LogP contribution is -2.11. The molecule has 0 aliphatic heterocycles. The Morgan fingerprint density at radius 2 is 1.83 bits per heavy atom. The van der Waals surface area contributed by atoms with E-state index in [9.17, 15) is 13.2 Å². The molecule has 2 aromatic carbocycles. The fraction of sp³-hybridized carbons (Fsp3) is 0.0588. The van der Waals surface area contributed by atoms with E-state index in [0.29, 0.717) is 22.8 Å². The summed E-state index contributed by atoms with van der Waals surface area (Å²) in [6, 6.07) is 13.0. The van der Waals surface area contributed by atoms with E-state index in [0.717, 1.165) is 9.54 Å². The normalized spacial score (nSPS) is 11.3. The van der Waals surface area contributed by atoms with E-state index in [4.69, 9.17) is 5.26 Å². The van der Waals surface area contributed by atoms with Crippen LogP contribution in [-0.4, -0.2) is 18.7 Å². The van der Waals surface area contributed by atoms with Gasteiger partial charge in [0.25, 0.3) is 10.0 Å². The molecule has 0 radical (unpaired) electrons. The Hall–Kier alpha value is -2.91. The third-order valence-electron chi connectivity index (χ3n) is 3.64. The molecule has 5 nitrogen and oxygen atoms in total. The zero-order valence-corrected chi connectivity index (χ0v) is 13.0. The standard InChI is InChI=1S/C17H12N2O3S/c1-12-2-5-15(6-3-12)23(21,22)19-10-14(11-20)16-8-13(9-18)4-7-17(16)19/h2-8,10-11H,1H3. The molecule has 0 amide bonds. The highest BCUT2D eigenvalue weighted by Gasteiger charge is 2.21. The molecular formula is C17H12N2O3S. The molecule has 3 aromatic rings. The van der Waals surface area contributed by atoms with Crippen molar-refractivity contribution < 1.29 is 13.2 Å². The molecule has 0 saturated carbocycles. The van der Waals surface area contributed by atoms with Crippen LogP contribution in [0.4, 0.5) is 0 Å². The van der Waals surface area contributed by atoms with E-state index < -0.39 is 10.0 Å². The third kappa shape index (κ3) is 2.41. The fourth-order valence-corrected chi connectivity index (χ4v) is 3.79. The molecule has 0 aliphatic carbocycles. The van der Waals surface area contributed by atoms with E-state index in [2.05, 4.69) is 0 Å². The smallest absolute Gasteiger partial charge is 0.268 e. The maximum Gasteiger partial charge on any atom is 0.268 e. The molecule has 0 aliphatic rings. The Bertz CT molecular complexity index is 1060. The summed E-state index contributed by atoms with van der Waals surface area (Å²) < 4.78 is 26.7. The highest BCUT2D eigenvalue weighted by Crippen LogP contribution is 2.26. The molecule has 1 heterocycles. The predicted octanol–water partition coefficient (Wildman–Crippen LogP) is 2.87. The highest BCUT2D eigenvalue weighted by molar-refractivity contribution is 7.90. The molecule has 0 fully saturated rings. The molecule has 3 rings (SSSR count). The van der Waals surface area contributed by atoms with Crippen LogP contribution < -0.4 is 0 Å². The minimum absolute atomic E-state index is 0.141. The molecule has 0 unspecified atom stereocenters. The highest BCUT2D eigenvalue weighted by atomic mass is 32.2. The van der Waals surface area contributed by atoms with Gasteiger partial charge in [0.05, 0.1) is 22.0 Å². The topological polar surface area (TPSA) is 79.9 Å². The summed E-state index contributed by atoms with van der Waals surface area (Å²) in [7, 11) is -3.82. The van der Waals surface area contributed by atoms with Gasteiger partial charge in [0.15, 0.2) is 6.29 Å². The first kappa shape index (κ1) is 15.0. The summed E-state index contributed by atoms with van der Waals surface area (Å²) in [5.74, 6) is 0. The van der Waals surface area contributed by atoms with Crippen molar-refractivity contribution in [2.75, 3.05) is 0 Å². The Morgan fingerprint density at radius 1 is 1.13 bits per heavy atom. The van der Waals surface area contributed by atoms with Gasteiger partial charge in [0, 0.05) is 17.1 Å². The maximum atomic E-state index is 12.8. The van der Waals surface area contributed by atoms with Gasteiger partial charge in [-0.25, -0.2) is 12.4 Å². The van der Waals surface area contributed by atoms with Crippen LogP contribution >= 0.6 is 0 Å². The van der Waals surface area contributed by atoms with Crippen molar-refractivity contribution in [3.8, 4) is 6.07 Å². The molecule has 1 aromatic heterocycles. The van der Waals surface area contributed by atoms with Gasteiger partial charge in [0.1, 0.15) is 0 Å². The van der Waals surface area contributed by atoms with E-state index in [1.165, 1.54) is 36.5 Å².